The molecule has 4 rings (SSSR count). The number of carbonyl (C=O) groups is 6. The normalized spacial score (nSPS) is 21.3. The number of imide groups is 3. The second-order valence-electron chi connectivity index (χ2n) is 14.6. The van der Waals surface area contributed by atoms with Gasteiger partial charge in [-0.15, -0.1) is 0 Å². The van der Waals surface area contributed by atoms with Crippen molar-refractivity contribution in [1.82, 2.24) is 43.1 Å². The zero-order chi connectivity index (χ0) is 41.0. The quantitative estimate of drug-likeness (QED) is 0.0906. The van der Waals surface area contributed by atoms with Crippen LogP contribution in [0.1, 0.15) is 41.5 Å². The molecule has 0 saturated carbocycles. The van der Waals surface area contributed by atoms with Crippen LogP contribution in [0.25, 0.3) is 0 Å². The SMILES string of the molecule is CC1(C)C(=O)N(CC(O)Cn2c(=O)n(CC(O)CN3C(=O)N(CO)C(C)(C)C3=O)c(=O)n(CC(O)CN3C(=O)N(CO)C(C)(C)C3=O)c2=O)C(=O)N1CO. The number of hydrogen-bond donors (Lipinski definition) is 6. The molecule has 9 amide bonds. The maximum atomic E-state index is 13.7. The summed E-state index contributed by atoms with van der Waals surface area (Å²) < 4.78 is 0.908. The van der Waals surface area contributed by atoms with Crippen LogP contribution in [-0.2, 0) is 34.0 Å². The van der Waals surface area contributed by atoms with E-state index in [1.807, 2.05) is 0 Å². The lowest BCUT2D eigenvalue weighted by molar-refractivity contribution is -0.134. The lowest BCUT2D eigenvalue weighted by Gasteiger charge is -2.24. The highest BCUT2D eigenvalue weighted by Crippen LogP contribution is 2.29. The first-order valence-corrected chi connectivity index (χ1v) is 16.6. The predicted octanol–water partition coefficient (Wildman–Crippen LogP) is -5.77. The maximum absolute atomic E-state index is 13.7. The van der Waals surface area contributed by atoms with E-state index in [0.29, 0.717) is 28.4 Å². The van der Waals surface area contributed by atoms with Crippen molar-refractivity contribution in [3.05, 3.63) is 31.5 Å². The summed E-state index contributed by atoms with van der Waals surface area (Å²) in [6.07, 6.45) is -5.57. The van der Waals surface area contributed by atoms with Gasteiger partial charge in [-0.3, -0.25) is 43.8 Å². The summed E-state index contributed by atoms with van der Waals surface area (Å²) in [6, 6.07) is -2.97. The zero-order valence-electron chi connectivity index (χ0n) is 30.5. The number of aliphatic hydroxyl groups is 6. The Morgan fingerprint density at radius 2 is 0.611 bits per heavy atom. The van der Waals surface area contributed by atoms with Gasteiger partial charge in [-0.2, -0.15) is 0 Å². The number of hydrogen-bond acceptors (Lipinski definition) is 15. The number of carbonyl (C=O) groups excluding carboxylic acids is 6. The van der Waals surface area contributed by atoms with Crippen LogP contribution in [-0.4, -0.2) is 184 Å². The van der Waals surface area contributed by atoms with Gasteiger partial charge in [0.15, 0.2) is 0 Å². The van der Waals surface area contributed by atoms with Crippen molar-refractivity contribution in [2.75, 3.05) is 39.8 Å². The lowest BCUT2D eigenvalue weighted by Crippen LogP contribution is -2.58. The number of amides is 9. The van der Waals surface area contributed by atoms with Crippen LogP contribution in [0.3, 0.4) is 0 Å². The van der Waals surface area contributed by atoms with E-state index in [0.717, 1.165) is 14.7 Å². The van der Waals surface area contributed by atoms with Crippen LogP contribution in [0.4, 0.5) is 14.4 Å². The van der Waals surface area contributed by atoms with Crippen LogP contribution in [0.5, 0.6) is 0 Å². The molecule has 3 saturated heterocycles. The summed E-state index contributed by atoms with van der Waals surface area (Å²) in [4.78, 5) is 122. The number of nitrogens with zero attached hydrogens (tertiary/aromatic N) is 9. The Bertz CT molecular complexity index is 1670. The summed E-state index contributed by atoms with van der Waals surface area (Å²) in [6.45, 7) is 0.156. The second kappa shape index (κ2) is 14.7. The smallest absolute Gasteiger partial charge is 0.336 e. The van der Waals surface area contributed by atoms with E-state index in [2.05, 4.69) is 0 Å². The van der Waals surface area contributed by atoms with Gasteiger partial charge in [0.25, 0.3) is 17.7 Å². The molecule has 0 aromatic carbocycles. The van der Waals surface area contributed by atoms with E-state index in [1.54, 1.807) is 0 Å². The molecule has 0 radical (unpaired) electrons. The minimum atomic E-state index is -1.86. The third-order valence-electron chi connectivity index (χ3n) is 9.89. The fraction of sp³-hybridized carbons (Fsp3) is 0.700. The third kappa shape index (κ3) is 6.79. The van der Waals surface area contributed by atoms with E-state index < -0.39 is 147 Å². The third-order valence-corrected chi connectivity index (χ3v) is 9.89. The van der Waals surface area contributed by atoms with Crippen molar-refractivity contribution in [2.24, 2.45) is 0 Å². The molecule has 300 valence electrons. The summed E-state index contributed by atoms with van der Waals surface area (Å²) in [5.41, 5.74) is -8.86. The molecule has 24 heteroatoms. The minimum absolute atomic E-state index is 0.303. The van der Waals surface area contributed by atoms with Crippen molar-refractivity contribution in [2.45, 2.75) is 96.1 Å². The van der Waals surface area contributed by atoms with Crippen molar-refractivity contribution in [3.63, 3.8) is 0 Å². The van der Waals surface area contributed by atoms with Crippen LogP contribution in [0.2, 0.25) is 0 Å². The summed E-state index contributed by atoms with van der Waals surface area (Å²) in [7, 11) is 0. The Morgan fingerprint density at radius 1 is 0.407 bits per heavy atom. The number of aromatic nitrogens is 3. The zero-order valence-corrected chi connectivity index (χ0v) is 30.5. The highest BCUT2D eigenvalue weighted by molar-refractivity contribution is 6.07. The van der Waals surface area contributed by atoms with Crippen LogP contribution in [0.15, 0.2) is 14.4 Å². The van der Waals surface area contributed by atoms with Gasteiger partial charge in [0, 0.05) is 0 Å². The number of rotatable bonds is 15. The average molecular weight is 772 g/mol. The Morgan fingerprint density at radius 3 is 0.778 bits per heavy atom. The van der Waals surface area contributed by atoms with Crippen LogP contribution >= 0.6 is 0 Å². The first-order valence-electron chi connectivity index (χ1n) is 16.6. The van der Waals surface area contributed by atoms with Crippen molar-refractivity contribution < 1.29 is 59.4 Å². The van der Waals surface area contributed by atoms with E-state index in [4.69, 9.17) is 0 Å². The molecule has 4 heterocycles. The summed E-state index contributed by atoms with van der Waals surface area (Å²) in [5, 5.41) is 61.7. The molecule has 1 aromatic rings. The maximum Gasteiger partial charge on any atom is 0.336 e. The van der Waals surface area contributed by atoms with Gasteiger partial charge in [0.05, 0.1) is 57.6 Å². The minimum Gasteiger partial charge on any atom is -0.389 e. The number of aliphatic hydroxyl groups excluding tert-OH is 6. The lowest BCUT2D eigenvalue weighted by atomic mass is 10.0. The first kappa shape index (κ1) is 41.7. The Balaban J connectivity index is 1.70. The molecule has 3 aliphatic rings. The van der Waals surface area contributed by atoms with Gasteiger partial charge in [-0.05, 0) is 41.5 Å². The van der Waals surface area contributed by atoms with Gasteiger partial charge >= 0.3 is 35.2 Å². The van der Waals surface area contributed by atoms with Gasteiger partial charge in [-0.25, -0.2) is 42.5 Å². The monoisotopic (exact) mass is 771 g/mol. The highest BCUT2D eigenvalue weighted by Gasteiger charge is 2.53. The molecule has 3 atom stereocenters. The number of urea groups is 3. The molecule has 0 bridgehead atoms. The first-order chi connectivity index (χ1) is 24.9. The molecule has 24 nitrogen and oxygen atoms in total. The van der Waals surface area contributed by atoms with Crippen LogP contribution in [0, 0.1) is 0 Å². The van der Waals surface area contributed by atoms with Crippen LogP contribution < -0.4 is 17.1 Å². The molecule has 6 N–H and O–H groups in total. The predicted molar refractivity (Wildman–Crippen MR) is 178 cm³/mol. The molecular formula is C30H45N9O15. The van der Waals surface area contributed by atoms with E-state index in [1.165, 1.54) is 41.5 Å². The Kier molecular flexibility index (Phi) is 11.3. The van der Waals surface area contributed by atoms with Crippen molar-refractivity contribution >= 4 is 35.8 Å². The van der Waals surface area contributed by atoms with Gasteiger partial charge < -0.3 is 30.6 Å². The molecule has 3 unspecified atom stereocenters. The molecule has 54 heavy (non-hydrogen) atoms. The molecule has 1 aromatic heterocycles. The largest absolute Gasteiger partial charge is 0.389 e. The van der Waals surface area contributed by atoms with Gasteiger partial charge in [0.2, 0.25) is 0 Å². The molecule has 3 aliphatic heterocycles. The van der Waals surface area contributed by atoms with E-state index in [-0.39, 0.29) is 0 Å². The fourth-order valence-electron chi connectivity index (χ4n) is 6.54. The topological polar surface area (TPSA) is 309 Å². The van der Waals surface area contributed by atoms with E-state index in [9.17, 15) is 73.8 Å². The average Bonchev–Trinajstić information content (AvgIpc) is 3.44. The van der Waals surface area contributed by atoms with Crippen molar-refractivity contribution in [1.29, 1.82) is 0 Å². The van der Waals surface area contributed by atoms with Crippen molar-refractivity contribution in [3.8, 4) is 0 Å². The highest BCUT2D eigenvalue weighted by atomic mass is 16.3. The number of β-amino-alcohol motifs (C(OH)–C–C–N with tert-alkyl or cyclic N) is 3. The van der Waals surface area contributed by atoms with Gasteiger partial charge in [-0.1, -0.05) is 0 Å². The standard InChI is InChI=1S/C30H45N9O15/c1-28(2)19(46)31(25(52)37(28)13-40)7-16(43)10-34-22(49)35(11-17(44)8-32-20(47)29(3,4)38(14-41)26(32)53)24(51)36(23(34)50)12-18(45)9-33-21(48)30(5,6)39(15-42)27(33)54/h16-18,40-45H,7-15H2,1-6H3. The van der Waals surface area contributed by atoms with E-state index >= 15 is 0 Å². The molecule has 3 fully saturated rings. The Labute approximate surface area is 305 Å². The van der Waals surface area contributed by atoms with Gasteiger partial charge in [0.1, 0.15) is 36.8 Å². The molecular weight excluding hydrogens is 726 g/mol. The fourth-order valence-corrected chi connectivity index (χ4v) is 6.54. The Hall–Kier alpha value is -5.01. The summed E-state index contributed by atoms with van der Waals surface area (Å²) >= 11 is 0. The summed E-state index contributed by atoms with van der Waals surface area (Å²) in [5.74, 6) is -2.49. The molecule has 0 spiro atoms. The second-order valence-corrected chi connectivity index (χ2v) is 14.6. The molecule has 0 aliphatic carbocycles.